The summed E-state index contributed by atoms with van der Waals surface area (Å²) in [6.45, 7) is 0. The Labute approximate surface area is 144 Å². The summed E-state index contributed by atoms with van der Waals surface area (Å²) >= 11 is 3.68. The Morgan fingerprint density at radius 1 is 1.09 bits per heavy atom. The smallest absolute Gasteiger partial charge is 0.128 e. The van der Waals surface area contributed by atoms with E-state index in [1.807, 2.05) is 29.2 Å². The van der Waals surface area contributed by atoms with E-state index in [1.165, 1.54) is 51.9 Å². The van der Waals surface area contributed by atoms with Gasteiger partial charge in [-0.15, -0.1) is 23.1 Å². The fourth-order valence-corrected chi connectivity index (χ4v) is 5.18. The average Bonchev–Trinajstić information content (AvgIpc) is 2.99. The number of aromatic nitrogens is 2. The van der Waals surface area contributed by atoms with Crippen LogP contribution in [0.2, 0.25) is 0 Å². The quantitative estimate of drug-likeness (QED) is 0.472. The van der Waals surface area contributed by atoms with Crippen LogP contribution in [0, 0.1) is 0 Å². The molecule has 0 amide bonds. The van der Waals surface area contributed by atoms with E-state index in [0.29, 0.717) is 0 Å². The van der Waals surface area contributed by atoms with Crippen molar-refractivity contribution in [2.45, 2.75) is 30.7 Å². The topological polar surface area (TPSA) is 25.8 Å². The van der Waals surface area contributed by atoms with E-state index in [4.69, 9.17) is 0 Å². The van der Waals surface area contributed by atoms with E-state index in [9.17, 15) is 0 Å². The minimum Gasteiger partial charge on any atom is -0.229 e. The molecule has 4 rings (SSSR count). The third kappa shape index (κ3) is 3.19. The average molecular weight is 339 g/mol. The lowest BCUT2D eigenvalue weighted by atomic mass is 9.97. The Morgan fingerprint density at radius 2 is 1.96 bits per heavy atom. The van der Waals surface area contributed by atoms with Crippen molar-refractivity contribution in [3.05, 3.63) is 58.7 Å². The van der Waals surface area contributed by atoms with E-state index in [2.05, 4.69) is 46.4 Å². The second-order valence-corrected chi connectivity index (χ2v) is 7.79. The third-order valence-corrected chi connectivity index (χ3v) is 6.28. The van der Waals surface area contributed by atoms with E-state index in [1.54, 1.807) is 6.33 Å². The van der Waals surface area contributed by atoms with E-state index < -0.39 is 0 Å². The minimum absolute atomic E-state index is 0.936. The number of thioether (sulfide) groups is 1. The van der Waals surface area contributed by atoms with Gasteiger partial charge in [0.05, 0.1) is 0 Å². The summed E-state index contributed by atoms with van der Waals surface area (Å²) in [4.78, 5) is 11.8. The van der Waals surface area contributed by atoms with Crippen molar-refractivity contribution in [1.82, 2.24) is 9.97 Å². The van der Waals surface area contributed by atoms with Crippen molar-refractivity contribution in [2.24, 2.45) is 0 Å². The Kier molecular flexibility index (Phi) is 4.44. The van der Waals surface area contributed by atoms with Gasteiger partial charge in [0.1, 0.15) is 16.2 Å². The molecule has 2 aromatic heterocycles. The number of thiophene rings is 1. The second-order valence-electron chi connectivity index (χ2n) is 5.69. The zero-order chi connectivity index (χ0) is 15.5. The first-order chi connectivity index (χ1) is 11.4. The highest BCUT2D eigenvalue weighted by atomic mass is 32.2. The summed E-state index contributed by atoms with van der Waals surface area (Å²) in [5.41, 5.74) is 2.76. The van der Waals surface area contributed by atoms with Crippen LogP contribution in [-0.4, -0.2) is 15.7 Å². The summed E-state index contributed by atoms with van der Waals surface area (Å²) in [5.74, 6) is 0.936. The Balaban J connectivity index is 1.55. The molecule has 0 radical (unpaired) electrons. The first kappa shape index (κ1) is 14.9. The number of benzene rings is 1. The summed E-state index contributed by atoms with van der Waals surface area (Å²) in [6, 6.07) is 10.4. The molecule has 116 valence electrons. The van der Waals surface area contributed by atoms with Gasteiger partial charge in [0.15, 0.2) is 0 Å². The van der Waals surface area contributed by atoms with Crippen molar-refractivity contribution < 1.29 is 0 Å². The molecule has 3 aromatic rings. The monoisotopic (exact) mass is 338 g/mol. The summed E-state index contributed by atoms with van der Waals surface area (Å²) < 4.78 is 0. The molecule has 0 atom stereocenters. The van der Waals surface area contributed by atoms with E-state index >= 15 is 0 Å². The van der Waals surface area contributed by atoms with Crippen LogP contribution < -0.4 is 0 Å². The molecule has 0 bridgehead atoms. The van der Waals surface area contributed by atoms with Crippen molar-refractivity contribution in [1.29, 1.82) is 0 Å². The number of hydrogen-bond donors (Lipinski definition) is 0. The van der Waals surface area contributed by atoms with Crippen LogP contribution in [0.5, 0.6) is 0 Å². The van der Waals surface area contributed by atoms with Gasteiger partial charge in [0.2, 0.25) is 0 Å². The van der Waals surface area contributed by atoms with Crippen LogP contribution in [-0.2, 0) is 12.8 Å². The van der Waals surface area contributed by atoms with Crippen LogP contribution in [0.15, 0.2) is 47.8 Å². The van der Waals surface area contributed by atoms with Gasteiger partial charge in [-0.05, 0) is 36.8 Å². The first-order valence-corrected chi connectivity index (χ1v) is 9.81. The van der Waals surface area contributed by atoms with Crippen LogP contribution in [0.25, 0.3) is 16.3 Å². The summed E-state index contributed by atoms with van der Waals surface area (Å²) in [5, 5.41) is 2.47. The highest BCUT2D eigenvalue weighted by Crippen LogP contribution is 2.39. The van der Waals surface area contributed by atoms with Gasteiger partial charge >= 0.3 is 0 Å². The van der Waals surface area contributed by atoms with Crippen LogP contribution in [0.1, 0.15) is 28.8 Å². The van der Waals surface area contributed by atoms with Gasteiger partial charge < -0.3 is 0 Å². The molecule has 4 heteroatoms. The lowest BCUT2D eigenvalue weighted by Gasteiger charge is -2.11. The fourth-order valence-electron chi connectivity index (χ4n) is 3.05. The number of nitrogens with zero attached hydrogens (tertiary/aromatic N) is 2. The van der Waals surface area contributed by atoms with Gasteiger partial charge in [0.25, 0.3) is 0 Å². The van der Waals surface area contributed by atoms with Crippen LogP contribution in [0.4, 0.5) is 0 Å². The van der Waals surface area contributed by atoms with Crippen molar-refractivity contribution in [3.8, 4) is 0 Å². The maximum Gasteiger partial charge on any atom is 0.128 e. The molecule has 1 aliphatic rings. The van der Waals surface area contributed by atoms with E-state index in [0.717, 1.165) is 10.8 Å². The van der Waals surface area contributed by atoms with Crippen LogP contribution >= 0.6 is 23.1 Å². The summed E-state index contributed by atoms with van der Waals surface area (Å²) in [6.07, 6.45) is 11.1. The molecular formula is C19H18N2S2. The van der Waals surface area contributed by atoms with Crippen molar-refractivity contribution in [3.63, 3.8) is 0 Å². The number of fused-ring (bicyclic) bond motifs is 3. The zero-order valence-corrected chi connectivity index (χ0v) is 14.5. The van der Waals surface area contributed by atoms with Gasteiger partial charge in [-0.2, -0.15) is 0 Å². The highest BCUT2D eigenvalue weighted by Gasteiger charge is 2.19. The van der Waals surface area contributed by atoms with Crippen molar-refractivity contribution >= 4 is 39.4 Å². The fraction of sp³-hybridized carbons (Fsp3) is 0.263. The maximum atomic E-state index is 4.56. The standard InChI is InChI=1S/C19H18N2S2/c1-2-7-14(8-3-1)9-6-12-22-18-17-15-10-4-5-11-16(15)23-19(17)21-13-20-18/h1-3,6-9,13H,4-5,10-12H2. The molecule has 1 aromatic carbocycles. The molecule has 0 saturated heterocycles. The Morgan fingerprint density at radius 3 is 2.87 bits per heavy atom. The molecule has 0 aliphatic heterocycles. The minimum atomic E-state index is 0.936. The lowest BCUT2D eigenvalue weighted by molar-refractivity contribution is 0.699. The first-order valence-electron chi connectivity index (χ1n) is 8.01. The number of aryl methyl sites for hydroxylation is 2. The predicted octanol–water partition coefficient (Wildman–Crippen LogP) is 5.38. The Bertz CT molecular complexity index is 837. The molecule has 23 heavy (non-hydrogen) atoms. The highest BCUT2D eigenvalue weighted by molar-refractivity contribution is 7.99. The second kappa shape index (κ2) is 6.85. The number of hydrogen-bond acceptors (Lipinski definition) is 4. The van der Waals surface area contributed by atoms with Gasteiger partial charge in [-0.25, -0.2) is 9.97 Å². The SMILES string of the molecule is C(=Cc1ccccc1)CSc1ncnc2sc3c(c12)CCCC3. The van der Waals surface area contributed by atoms with Gasteiger partial charge in [-0.1, -0.05) is 42.5 Å². The third-order valence-electron chi connectivity index (χ3n) is 4.14. The Hall–Kier alpha value is -1.65. The van der Waals surface area contributed by atoms with E-state index in [-0.39, 0.29) is 0 Å². The molecule has 2 heterocycles. The molecule has 2 nitrogen and oxygen atoms in total. The lowest BCUT2D eigenvalue weighted by Crippen LogP contribution is -1.99. The molecule has 1 aliphatic carbocycles. The normalized spacial score (nSPS) is 14.4. The molecule has 0 fully saturated rings. The maximum absolute atomic E-state index is 4.56. The summed E-state index contributed by atoms with van der Waals surface area (Å²) in [7, 11) is 0. The number of rotatable bonds is 4. The molecule has 0 saturated carbocycles. The largest absolute Gasteiger partial charge is 0.229 e. The van der Waals surface area contributed by atoms with Gasteiger partial charge in [0, 0.05) is 16.0 Å². The van der Waals surface area contributed by atoms with Crippen LogP contribution in [0.3, 0.4) is 0 Å². The zero-order valence-electron chi connectivity index (χ0n) is 12.9. The molecule has 0 N–H and O–H groups in total. The van der Waals surface area contributed by atoms with Crippen molar-refractivity contribution in [2.75, 3.05) is 5.75 Å². The molecule has 0 unspecified atom stereocenters. The predicted molar refractivity (Wildman–Crippen MR) is 100 cm³/mol. The molecular weight excluding hydrogens is 320 g/mol. The van der Waals surface area contributed by atoms with Gasteiger partial charge in [-0.3, -0.25) is 0 Å². The molecule has 0 spiro atoms.